The number of aromatic nitrogens is 2. The van der Waals surface area contributed by atoms with Gasteiger partial charge in [-0.05, 0) is 18.6 Å². The minimum absolute atomic E-state index is 0.168. The normalized spacial score (nSPS) is 10.1. The Morgan fingerprint density at radius 3 is 2.89 bits per heavy atom. The molecule has 0 saturated heterocycles. The average Bonchev–Trinajstić information content (AvgIpc) is 2.90. The van der Waals surface area contributed by atoms with Crippen molar-refractivity contribution in [2.75, 3.05) is 17.7 Å². The van der Waals surface area contributed by atoms with Gasteiger partial charge in [-0.2, -0.15) is 0 Å². The summed E-state index contributed by atoms with van der Waals surface area (Å²) in [4.78, 5) is 20.4. The zero-order valence-corrected chi connectivity index (χ0v) is 11.0. The fraction of sp³-hybridized carbons (Fsp3) is 0.250. The molecule has 2 rings (SSSR count). The molecule has 0 unspecified atom stereocenters. The molecule has 0 saturated carbocycles. The highest BCUT2D eigenvalue weighted by molar-refractivity contribution is 7.13. The number of hydrogen-bond acceptors (Lipinski definition) is 5. The summed E-state index contributed by atoms with van der Waals surface area (Å²) in [5.41, 5.74) is 1.47. The summed E-state index contributed by atoms with van der Waals surface area (Å²) in [5.74, 6) is 0.525. The smallest absolute Gasteiger partial charge is 0.257 e. The number of pyridine rings is 1. The van der Waals surface area contributed by atoms with Crippen molar-refractivity contribution in [3.8, 4) is 0 Å². The van der Waals surface area contributed by atoms with Gasteiger partial charge in [-0.1, -0.05) is 6.92 Å². The van der Waals surface area contributed by atoms with Gasteiger partial charge < -0.3 is 5.32 Å². The number of thiazole rings is 1. The molecule has 0 fully saturated rings. The average molecular weight is 262 g/mol. The van der Waals surface area contributed by atoms with Crippen LogP contribution < -0.4 is 10.6 Å². The van der Waals surface area contributed by atoms with E-state index in [0.717, 1.165) is 12.1 Å². The fourth-order valence-corrected chi connectivity index (χ4v) is 2.01. The number of nitrogens with zero attached hydrogens (tertiary/aromatic N) is 2. The first kappa shape index (κ1) is 12.5. The van der Waals surface area contributed by atoms with Crippen LogP contribution in [0.25, 0.3) is 0 Å². The number of nitrogens with one attached hydrogen (secondary N) is 2. The molecule has 5 nitrogen and oxygen atoms in total. The zero-order chi connectivity index (χ0) is 13.0. The molecule has 0 aliphatic rings. The Labute approximate surface area is 109 Å². The quantitative estimate of drug-likeness (QED) is 0.888. The first-order chi connectivity index (χ1) is 8.72. The first-order valence-corrected chi connectivity index (χ1v) is 6.50. The van der Waals surface area contributed by atoms with Crippen LogP contribution in [0.2, 0.25) is 0 Å². The minimum Gasteiger partial charge on any atom is -0.373 e. The van der Waals surface area contributed by atoms with Crippen LogP contribution in [0.15, 0.2) is 23.7 Å². The van der Waals surface area contributed by atoms with E-state index in [0.29, 0.717) is 16.5 Å². The van der Waals surface area contributed by atoms with Crippen LogP contribution in [0.4, 0.5) is 10.9 Å². The molecule has 2 aromatic rings. The molecule has 0 aromatic carbocycles. The lowest BCUT2D eigenvalue weighted by Gasteiger charge is -2.07. The molecule has 1 amide bonds. The van der Waals surface area contributed by atoms with E-state index < -0.39 is 0 Å². The number of carbonyl (C=O) groups excluding carboxylic acids is 1. The van der Waals surface area contributed by atoms with Gasteiger partial charge >= 0.3 is 0 Å². The van der Waals surface area contributed by atoms with Crippen molar-refractivity contribution in [3.63, 3.8) is 0 Å². The van der Waals surface area contributed by atoms with E-state index in [9.17, 15) is 4.79 Å². The monoisotopic (exact) mass is 262 g/mol. The van der Waals surface area contributed by atoms with E-state index >= 15 is 0 Å². The van der Waals surface area contributed by atoms with E-state index in [2.05, 4.69) is 20.6 Å². The Hall–Kier alpha value is -1.95. The molecule has 0 atom stereocenters. The molecule has 0 spiro atoms. The summed E-state index contributed by atoms with van der Waals surface area (Å²) in [6.07, 6.45) is 2.44. The third-order valence-corrected chi connectivity index (χ3v) is 3.10. The maximum atomic E-state index is 12.0. The van der Waals surface area contributed by atoms with E-state index in [1.54, 1.807) is 25.4 Å². The molecule has 18 heavy (non-hydrogen) atoms. The largest absolute Gasteiger partial charge is 0.373 e. The van der Waals surface area contributed by atoms with Gasteiger partial charge in [-0.3, -0.25) is 10.1 Å². The van der Waals surface area contributed by atoms with Crippen LogP contribution in [0.5, 0.6) is 0 Å². The predicted molar refractivity (Wildman–Crippen MR) is 73.2 cm³/mol. The van der Waals surface area contributed by atoms with Crippen molar-refractivity contribution in [1.29, 1.82) is 0 Å². The summed E-state index contributed by atoms with van der Waals surface area (Å²) in [5, 5.41) is 8.12. The van der Waals surface area contributed by atoms with Crippen molar-refractivity contribution in [3.05, 3.63) is 35.0 Å². The second kappa shape index (κ2) is 5.59. The van der Waals surface area contributed by atoms with Gasteiger partial charge in [0.15, 0.2) is 5.13 Å². The highest BCUT2D eigenvalue weighted by Gasteiger charge is 2.10. The van der Waals surface area contributed by atoms with Crippen molar-refractivity contribution < 1.29 is 4.79 Å². The second-order valence-corrected chi connectivity index (χ2v) is 4.52. The standard InChI is InChI=1S/C12H14N4OS/c1-3-9-6-8(7-10(13-2)15-9)11(17)16-12-14-4-5-18-12/h4-7H,3H2,1-2H3,(H,13,15)(H,14,16,17). The number of hydrogen-bond donors (Lipinski definition) is 2. The highest BCUT2D eigenvalue weighted by Crippen LogP contribution is 2.15. The molecular formula is C12H14N4OS. The highest BCUT2D eigenvalue weighted by atomic mass is 32.1. The third kappa shape index (κ3) is 2.84. The van der Waals surface area contributed by atoms with Crippen molar-refractivity contribution in [2.24, 2.45) is 0 Å². The molecule has 2 N–H and O–H groups in total. The maximum Gasteiger partial charge on any atom is 0.257 e. The molecular weight excluding hydrogens is 248 g/mol. The lowest BCUT2D eigenvalue weighted by molar-refractivity contribution is 0.102. The third-order valence-electron chi connectivity index (χ3n) is 2.41. The molecule has 2 heterocycles. The van der Waals surface area contributed by atoms with Crippen molar-refractivity contribution in [2.45, 2.75) is 13.3 Å². The minimum atomic E-state index is -0.168. The van der Waals surface area contributed by atoms with Crippen LogP contribution in [0, 0.1) is 0 Å². The lowest BCUT2D eigenvalue weighted by Crippen LogP contribution is -2.13. The van der Waals surface area contributed by atoms with Gasteiger partial charge in [-0.15, -0.1) is 11.3 Å². The van der Waals surface area contributed by atoms with E-state index in [4.69, 9.17) is 0 Å². The maximum absolute atomic E-state index is 12.0. The Balaban J connectivity index is 2.23. The second-order valence-electron chi connectivity index (χ2n) is 3.63. The van der Waals surface area contributed by atoms with Crippen LogP contribution >= 0.6 is 11.3 Å². The number of carbonyl (C=O) groups is 1. The van der Waals surface area contributed by atoms with Crippen molar-refractivity contribution >= 4 is 28.2 Å². The molecule has 2 aromatic heterocycles. The van der Waals surface area contributed by atoms with Crippen molar-refractivity contribution in [1.82, 2.24) is 9.97 Å². The molecule has 0 aliphatic heterocycles. The zero-order valence-electron chi connectivity index (χ0n) is 10.2. The van der Waals surface area contributed by atoms with Gasteiger partial charge in [0, 0.05) is 29.9 Å². The summed E-state index contributed by atoms with van der Waals surface area (Å²) in [6, 6.07) is 3.52. The lowest BCUT2D eigenvalue weighted by atomic mass is 10.2. The molecule has 0 bridgehead atoms. The molecule has 0 aliphatic carbocycles. The predicted octanol–water partition coefficient (Wildman–Crippen LogP) is 2.39. The number of anilines is 2. The molecule has 0 radical (unpaired) electrons. The van der Waals surface area contributed by atoms with Gasteiger partial charge in [-0.25, -0.2) is 9.97 Å². The molecule has 94 valence electrons. The fourth-order valence-electron chi connectivity index (χ4n) is 1.48. The summed E-state index contributed by atoms with van der Waals surface area (Å²) < 4.78 is 0. The number of amides is 1. The van der Waals surface area contributed by atoms with Crippen LogP contribution in [-0.4, -0.2) is 22.9 Å². The van der Waals surface area contributed by atoms with Gasteiger partial charge in [0.25, 0.3) is 5.91 Å². The summed E-state index contributed by atoms with van der Waals surface area (Å²) in [6.45, 7) is 2.00. The van der Waals surface area contributed by atoms with E-state index in [1.165, 1.54) is 11.3 Å². The van der Waals surface area contributed by atoms with Crippen LogP contribution in [-0.2, 0) is 6.42 Å². The van der Waals surface area contributed by atoms with E-state index in [-0.39, 0.29) is 5.91 Å². The Morgan fingerprint density at radius 2 is 2.28 bits per heavy atom. The number of aryl methyl sites for hydroxylation is 1. The summed E-state index contributed by atoms with van der Waals surface area (Å²) in [7, 11) is 1.78. The number of rotatable bonds is 4. The Kier molecular flexibility index (Phi) is 3.88. The summed E-state index contributed by atoms with van der Waals surface area (Å²) >= 11 is 1.39. The van der Waals surface area contributed by atoms with Gasteiger partial charge in [0.2, 0.25) is 0 Å². The van der Waals surface area contributed by atoms with Gasteiger partial charge in [0.1, 0.15) is 5.82 Å². The van der Waals surface area contributed by atoms with E-state index in [1.807, 2.05) is 12.3 Å². The van der Waals surface area contributed by atoms with Gasteiger partial charge in [0.05, 0.1) is 0 Å². The Morgan fingerprint density at radius 1 is 1.44 bits per heavy atom. The van der Waals surface area contributed by atoms with Crippen LogP contribution in [0.1, 0.15) is 23.0 Å². The Bertz CT molecular complexity index is 517. The molecule has 6 heteroatoms. The van der Waals surface area contributed by atoms with Crippen LogP contribution in [0.3, 0.4) is 0 Å². The SMILES string of the molecule is CCc1cc(C(=O)Nc2nccs2)cc(NC)n1. The first-order valence-electron chi connectivity index (χ1n) is 5.62. The topological polar surface area (TPSA) is 66.9 Å².